The van der Waals surface area contributed by atoms with E-state index in [9.17, 15) is 9.59 Å². The van der Waals surface area contributed by atoms with Gasteiger partial charge in [0.05, 0.1) is 21.3 Å². The molecule has 0 unspecified atom stereocenters. The number of halogens is 3. The van der Waals surface area contributed by atoms with Gasteiger partial charge in [-0.2, -0.15) is 0 Å². The first kappa shape index (κ1) is 25.7. The van der Waals surface area contributed by atoms with Crippen LogP contribution in [0, 0.1) is 5.92 Å². The molecule has 0 atom stereocenters. The molecule has 1 saturated heterocycles. The third kappa shape index (κ3) is 7.06. The molecule has 1 heterocycles. The van der Waals surface area contributed by atoms with E-state index in [1.165, 1.54) is 0 Å². The van der Waals surface area contributed by atoms with Crippen molar-refractivity contribution < 1.29 is 9.59 Å². The molecule has 33 heavy (non-hydrogen) atoms. The Labute approximate surface area is 217 Å². The maximum atomic E-state index is 12.5. The van der Waals surface area contributed by atoms with Crippen LogP contribution >= 0.6 is 51.3 Å². The van der Waals surface area contributed by atoms with Gasteiger partial charge in [0.15, 0.2) is 5.11 Å². The van der Waals surface area contributed by atoms with Crippen LogP contribution in [0.25, 0.3) is 0 Å². The van der Waals surface area contributed by atoms with Crippen LogP contribution in [0.15, 0.2) is 40.9 Å². The molecule has 2 N–H and O–H groups in total. The highest BCUT2D eigenvalue weighted by Crippen LogP contribution is 2.30. The molecule has 176 valence electrons. The Morgan fingerprint density at radius 2 is 1.76 bits per heavy atom. The van der Waals surface area contributed by atoms with Crippen LogP contribution in [0.5, 0.6) is 0 Å². The van der Waals surface area contributed by atoms with Crippen LogP contribution in [0.3, 0.4) is 0 Å². The molecule has 0 bridgehead atoms. The maximum Gasteiger partial charge on any atom is 0.258 e. The van der Waals surface area contributed by atoms with Crippen molar-refractivity contribution in [2.45, 2.75) is 20.3 Å². The number of benzene rings is 2. The minimum absolute atomic E-state index is 0.136. The molecule has 2 aromatic rings. The summed E-state index contributed by atoms with van der Waals surface area (Å²) in [4.78, 5) is 28.8. The van der Waals surface area contributed by atoms with Crippen molar-refractivity contribution in [1.29, 1.82) is 0 Å². The Kier molecular flexibility index (Phi) is 8.98. The van der Waals surface area contributed by atoms with Crippen molar-refractivity contribution in [2.75, 3.05) is 36.4 Å². The van der Waals surface area contributed by atoms with Gasteiger partial charge in [-0.1, -0.05) is 53.0 Å². The van der Waals surface area contributed by atoms with Gasteiger partial charge in [-0.15, -0.1) is 0 Å². The topological polar surface area (TPSA) is 64.7 Å². The van der Waals surface area contributed by atoms with Gasteiger partial charge in [0.25, 0.3) is 5.91 Å². The minimum Gasteiger partial charge on any atom is -0.367 e. The molecule has 0 radical (unpaired) electrons. The second kappa shape index (κ2) is 11.5. The summed E-state index contributed by atoms with van der Waals surface area (Å²) in [5.74, 6) is 0.147. The molecule has 1 aliphatic heterocycles. The van der Waals surface area contributed by atoms with E-state index in [0.29, 0.717) is 46.7 Å². The van der Waals surface area contributed by atoms with Crippen LogP contribution < -0.4 is 15.5 Å². The van der Waals surface area contributed by atoms with Crippen molar-refractivity contribution in [3.8, 4) is 0 Å². The average Bonchev–Trinajstić information content (AvgIpc) is 2.75. The van der Waals surface area contributed by atoms with Gasteiger partial charge in [-0.25, -0.2) is 0 Å². The van der Waals surface area contributed by atoms with Gasteiger partial charge in [0.1, 0.15) is 0 Å². The first-order chi connectivity index (χ1) is 15.6. The monoisotopic (exact) mass is 570 g/mol. The summed E-state index contributed by atoms with van der Waals surface area (Å²) in [7, 11) is 0. The summed E-state index contributed by atoms with van der Waals surface area (Å²) >= 11 is 21.2. The molecule has 1 aliphatic rings. The number of nitrogens with zero attached hydrogens (tertiary/aromatic N) is 2. The fraction of sp³-hybridized carbons (Fsp3) is 0.348. The molecule has 10 heteroatoms. The zero-order valence-electron chi connectivity index (χ0n) is 18.3. The number of hydrogen-bond acceptors (Lipinski definition) is 4. The Hall–Kier alpha value is -1.87. The van der Waals surface area contributed by atoms with Gasteiger partial charge in [-0.3, -0.25) is 14.9 Å². The first-order valence-corrected chi connectivity index (χ1v) is 12.5. The lowest BCUT2D eigenvalue weighted by Crippen LogP contribution is -2.49. The Bertz CT molecular complexity index is 1060. The van der Waals surface area contributed by atoms with Crippen LogP contribution in [0.2, 0.25) is 10.0 Å². The summed E-state index contributed by atoms with van der Waals surface area (Å²) in [6.07, 6.45) is 0.575. The first-order valence-electron chi connectivity index (χ1n) is 10.5. The van der Waals surface area contributed by atoms with E-state index < -0.39 is 5.91 Å². The molecule has 2 amide bonds. The Morgan fingerprint density at radius 1 is 1.06 bits per heavy atom. The number of anilines is 2. The predicted octanol–water partition coefficient (Wildman–Crippen LogP) is 5.58. The Morgan fingerprint density at radius 3 is 2.39 bits per heavy atom. The number of carbonyl (C=O) groups is 2. The number of carbonyl (C=O) groups excluding carboxylic acids is 2. The summed E-state index contributed by atoms with van der Waals surface area (Å²) in [6, 6.07) is 10.5. The van der Waals surface area contributed by atoms with E-state index in [2.05, 4.69) is 45.3 Å². The number of hydrogen-bond donors (Lipinski definition) is 2. The van der Waals surface area contributed by atoms with Crippen molar-refractivity contribution in [3.05, 3.63) is 56.5 Å². The second-order valence-electron chi connectivity index (χ2n) is 8.16. The highest BCUT2D eigenvalue weighted by atomic mass is 79.9. The molecule has 2 aromatic carbocycles. The van der Waals surface area contributed by atoms with Crippen LogP contribution in [0.1, 0.15) is 30.6 Å². The smallest absolute Gasteiger partial charge is 0.258 e. The zero-order valence-corrected chi connectivity index (χ0v) is 22.2. The number of piperazine rings is 1. The molecule has 0 spiro atoms. The van der Waals surface area contributed by atoms with E-state index in [4.69, 9.17) is 35.4 Å². The van der Waals surface area contributed by atoms with E-state index in [-0.39, 0.29) is 11.0 Å². The number of amides is 2. The number of nitrogens with one attached hydrogen (secondary N) is 2. The molecular formula is C23H25BrCl2N4O2S. The lowest BCUT2D eigenvalue weighted by atomic mass is 10.1. The van der Waals surface area contributed by atoms with Gasteiger partial charge in [0.2, 0.25) is 5.91 Å². The van der Waals surface area contributed by atoms with Gasteiger partial charge in [0, 0.05) is 42.8 Å². The quantitative estimate of drug-likeness (QED) is 0.459. The highest BCUT2D eigenvalue weighted by molar-refractivity contribution is 9.10. The van der Waals surface area contributed by atoms with E-state index >= 15 is 0 Å². The largest absolute Gasteiger partial charge is 0.367 e. The normalized spacial score (nSPS) is 13.8. The predicted molar refractivity (Wildman–Crippen MR) is 143 cm³/mol. The lowest BCUT2D eigenvalue weighted by Gasteiger charge is -2.37. The van der Waals surface area contributed by atoms with Crippen molar-refractivity contribution >= 4 is 79.7 Å². The molecule has 0 aliphatic carbocycles. The third-order valence-corrected chi connectivity index (χ3v) is 6.49. The van der Waals surface area contributed by atoms with Gasteiger partial charge in [-0.05, 0) is 54.5 Å². The van der Waals surface area contributed by atoms with Crippen molar-refractivity contribution in [3.63, 3.8) is 0 Å². The summed E-state index contributed by atoms with van der Waals surface area (Å²) < 4.78 is 0.739. The molecular weight excluding hydrogens is 547 g/mol. The zero-order chi connectivity index (χ0) is 24.1. The summed E-state index contributed by atoms with van der Waals surface area (Å²) in [6.45, 7) is 6.90. The lowest BCUT2D eigenvalue weighted by molar-refractivity contribution is -0.132. The number of thiocarbonyl (C=S) groups is 1. The van der Waals surface area contributed by atoms with Gasteiger partial charge >= 0.3 is 0 Å². The number of rotatable bonds is 5. The average molecular weight is 572 g/mol. The molecule has 3 rings (SSSR count). The standard InChI is InChI=1S/C23H25BrCl2N4O2S/c1-14(2)11-21(31)30-9-7-29(8-10-30)20-6-4-16(13-19(20)26)27-23(33)28-22(32)17-12-15(24)3-5-18(17)25/h3-6,12-14H,7-11H2,1-2H3,(H2,27,28,32,33). The highest BCUT2D eigenvalue weighted by Gasteiger charge is 2.23. The van der Waals surface area contributed by atoms with E-state index in [0.717, 1.165) is 23.2 Å². The van der Waals surface area contributed by atoms with Crippen LogP contribution in [0.4, 0.5) is 11.4 Å². The van der Waals surface area contributed by atoms with Crippen LogP contribution in [-0.2, 0) is 4.79 Å². The molecule has 0 aromatic heterocycles. The molecule has 0 saturated carbocycles. The molecule has 6 nitrogen and oxygen atoms in total. The maximum absolute atomic E-state index is 12.5. The fourth-order valence-electron chi connectivity index (χ4n) is 3.52. The van der Waals surface area contributed by atoms with Crippen LogP contribution in [-0.4, -0.2) is 48.0 Å². The molecule has 1 fully saturated rings. The van der Waals surface area contributed by atoms with E-state index in [1.54, 1.807) is 24.3 Å². The SMILES string of the molecule is CC(C)CC(=O)N1CCN(c2ccc(NC(=S)NC(=O)c3cc(Br)ccc3Cl)cc2Cl)CC1. The minimum atomic E-state index is -0.411. The van der Waals surface area contributed by atoms with Gasteiger partial charge < -0.3 is 15.1 Å². The van der Waals surface area contributed by atoms with Crippen molar-refractivity contribution in [2.24, 2.45) is 5.92 Å². The summed E-state index contributed by atoms with van der Waals surface area (Å²) in [5.41, 5.74) is 1.86. The van der Waals surface area contributed by atoms with E-state index in [1.807, 2.05) is 17.0 Å². The second-order valence-corrected chi connectivity index (χ2v) is 10.3. The summed E-state index contributed by atoms with van der Waals surface area (Å²) in [5, 5.41) is 6.63. The Balaban J connectivity index is 1.57. The third-order valence-electron chi connectivity index (χ3n) is 5.16. The van der Waals surface area contributed by atoms with Crippen molar-refractivity contribution in [1.82, 2.24) is 10.2 Å². The fourth-order valence-corrected chi connectivity index (χ4v) is 4.60.